The predicted octanol–water partition coefficient (Wildman–Crippen LogP) is 2.05. The highest BCUT2D eigenvalue weighted by Crippen LogP contribution is 2.11. The van der Waals surface area contributed by atoms with Crippen LogP contribution >= 0.6 is 35.3 Å². The van der Waals surface area contributed by atoms with Crippen molar-refractivity contribution < 1.29 is 0 Å². The smallest absolute Gasteiger partial charge is 0.194 e. The minimum atomic E-state index is 0. The van der Waals surface area contributed by atoms with Gasteiger partial charge in [0, 0.05) is 26.0 Å². The first-order chi connectivity index (χ1) is 10.6. The second kappa shape index (κ2) is 9.81. The van der Waals surface area contributed by atoms with E-state index in [1.165, 1.54) is 0 Å². The number of rotatable bonds is 6. The maximum atomic E-state index is 4.66. The van der Waals surface area contributed by atoms with Crippen molar-refractivity contribution in [2.45, 2.75) is 33.4 Å². The second-order valence-electron chi connectivity index (χ2n) is 4.91. The number of guanidine groups is 1. The largest absolute Gasteiger partial charge is 0.357 e. The van der Waals surface area contributed by atoms with Gasteiger partial charge in [0.25, 0.3) is 0 Å². The summed E-state index contributed by atoms with van der Waals surface area (Å²) in [6.07, 6.45) is 2.54. The van der Waals surface area contributed by atoms with Crippen LogP contribution in [0, 0.1) is 0 Å². The normalized spacial score (nSPS) is 11.2. The van der Waals surface area contributed by atoms with E-state index in [1.807, 2.05) is 19.0 Å². The van der Waals surface area contributed by atoms with Gasteiger partial charge < -0.3 is 10.2 Å². The van der Waals surface area contributed by atoms with Gasteiger partial charge in [0.2, 0.25) is 0 Å². The van der Waals surface area contributed by atoms with Crippen LogP contribution in [0.25, 0.3) is 0 Å². The van der Waals surface area contributed by atoms with E-state index in [9.17, 15) is 0 Å². The van der Waals surface area contributed by atoms with Gasteiger partial charge in [-0.25, -0.2) is 15.0 Å². The summed E-state index contributed by atoms with van der Waals surface area (Å²) in [6.45, 7) is 6.23. The molecule has 0 bridgehead atoms. The molecule has 0 spiro atoms. The van der Waals surface area contributed by atoms with Gasteiger partial charge in [0.15, 0.2) is 5.96 Å². The molecule has 128 valence electrons. The molecule has 0 amide bonds. The van der Waals surface area contributed by atoms with E-state index in [0.717, 1.165) is 35.5 Å². The molecule has 9 heteroatoms. The molecule has 7 nitrogen and oxygen atoms in total. The summed E-state index contributed by atoms with van der Waals surface area (Å²) in [4.78, 5) is 15.5. The van der Waals surface area contributed by atoms with Gasteiger partial charge in [-0.15, -0.1) is 35.3 Å². The SMILES string of the molecule is CCNC(=NCc1csc(CC)n1)N(C)Cc1ncnn1C.I. The van der Waals surface area contributed by atoms with Crippen molar-refractivity contribution in [2.24, 2.45) is 12.0 Å². The number of nitrogens with zero attached hydrogens (tertiary/aromatic N) is 6. The summed E-state index contributed by atoms with van der Waals surface area (Å²) < 4.78 is 1.77. The number of hydrogen-bond acceptors (Lipinski definition) is 5. The molecular formula is C14H24IN7S. The van der Waals surface area contributed by atoms with E-state index < -0.39 is 0 Å². The van der Waals surface area contributed by atoms with Crippen LogP contribution in [0.4, 0.5) is 0 Å². The zero-order valence-electron chi connectivity index (χ0n) is 14.0. The van der Waals surface area contributed by atoms with Crippen LogP contribution < -0.4 is 5.32 Å². The Kier molecular flexibility index (Phi) is 8.45. The van der Waals surface area contributed by atoms with Crippen molar-refractivity contribution in [3.8, 4) is 0 Å². The fraction of sp³-hybridized carbons (Fsp3) is 0.571. The van der Waals surface area contributed by atoms with Gasteiger partial charge >= 0.3 is 0 Å². The second-order valence-corrected chi connectivity index (χ2v) is 5.85. The summed E-state index contributed by atoms with van der Waals surface area (Å²) in [6, 6.07) is 0. The van der Waals surface area contributed by atoms with Gasteiger partial charge in [-0.05, 0) is 13.3 Å². The first kappa shape index (κ1) is 19.8. The molecule has 1 N–H and O–H groups in total. The molecule has 0 saturated carbocycles. The molecule has 0 radical (unpaired) electrons. The van der Waals surface area contributed by atoms with Crippen LogP contribution in [0.5, 0.6) is 0 Å². The number of aryl methyl sites for hydroxylation is 2. The number of aromatic nitrogens is 4. The summed E-state index contributed by atoms with van der Waals surface area (Å²) in [5.74, 6) is 1.74. The van der Waals surface area contributed by atoms with Crippen LogP contribution in [0.3, 0.4) is 0 Å². The fourth-order valence-corrected chi connectivity index (χ4v) is 2.70. The van der Waals surface area contributed by atoms with Gasteiger partial charge in [0.05, 0.1) is 23.8 Å². The number of hydrogen-bond donors (Lipinski definition) is 1. The van der Waals surface area contributed by atoms with Crippen LogP contribution in [0.15, 0.2) is 16.7 Å². The average molecular weight is 449 g/mol. The van der Waals surface area contributed by atoms with Crippen molar-refractivity contribution in [2.75, 3.05) is 13.6 Å². The Labute approximate surface area is 158 Å². The molecule has 0 fully saturated rings. The number of aliphatic imine (C=N–C) groups is 1. The van der Waals surface area contributed by atoms with E-state index in [4.69, 9.17) is 0 Å². The van der Waals surface area contributed by atoms with E-state index in [1.54, 1.807) is 22.3 Å². The third-order valence-electron chi connectivity index (χ3n) is 3.17. The first-order valence-corrected chi connectivity index (χ1v) is 8.27. The molecular weight excluding hydrogens is 425 g/mol. The van der Waals surface area contributed by atoms with Crippen LogP contribution in [0.2, 0.25) is 0 Å². The average Bonchev–Trinajstić information content (AvgIpc) is 3.13. The third kappa shape index (κ3) is 5.72. The molecule has 0 aliphatic carbocycles. The standard InChI is InChI=1S/C14H23N7S.HI/c1-5-13-19-11(9-22-13)7-16-14(15-6-2)20(3)8-12-17-10-18-21(12)4;/h9-10H,5-8H2,1-4H3,(H,15,16);1H. The van der Waals surface area contributed by atoms with Crippen LogP contribution in [-0.4, -0.2) is 44.2 Å². The molecule has 2 aromatic heterocycles. The zero-order valence-corrected chi connectivity index (χ0v) is 17.1. The van der Waals surface area contributed by atoms with Crippen LogP contribution in [0.1, 0.15) is 30.4 Å². The minimum absolute atomic E-state index is 0. The zero-order chi connectivity index (χ0) is 15.9. The summed E-state index contributed by atoms with van der Waals surface area (Å²) in [5, 5.41) is 10.6. The predicted molar refractivity (Wildman–Crippen MR) is 104 cm³/mol. The summed E-state index contributed by atoms with van der Waals surface area (Å²) in [7, 11) is 3.89. The lowest BCUT2D eigenvalue weighted by atomic mass is 10.4. The number of nitrogens with one attached hydrogen (secondary N) is 1. The van der Waals surface area contributed by atoms with Crippen molar-refractivity contribution in [1.29, 1.82) is 0 Å². The molecule has 0 aliphatic rings. The van der Waals surface area contributed by atoms with Crippen molar-refractivity contribution in [3.63, 3.8) is 0 Å². The Morgan fingerprint density at radius 1 is 1.43 bits per heavy atom. The van der Waals surface area contributed by atoms with E-state index in [-0.39, 0.29) is 24.0 Å². The maximum absolute atomic E-state index is 4.66. The Bertz CT molecular complexity index is 622. The van der Waals surface area contributed by atoms with Crippen molar-refractivity contribution in [1.82, 2.24) is 30.0 Å². The molecule has 0 aromatic carbocycles. The van der Waals surface area contributed by atoms with Crippen molar-refractivity contribution in [3.05, 3.63) is 28.2 Å². The lowest BCUT2D eigenvalue weighted by Crippen LogP contribution is -2.39. The summed E-state index contributed by atoms with van der Waals surface area (Å²) >= 11 is 1.69. The molecule has 0 saturated heterocycles. The highest BCUT2D eigenvalue weighted by molar-refractivity contribution is 14.0. The molecule has 0 unspecified atom stereocenters. The van der Waals surface area contributed by atoms with Gasteiger partial charge in [0.1, 0.15) is 12.2 Å². The van der Waals surface area contributed by atoms with Gasteiger partial charge in [-0.2, -0.15) is 5.10 Å². The van der Waals surface area contributed by atoms with E-state index in [0.29, 0.717) is 13.1 Å². The molecule has 2 aromatic rings. The number of halogens is 1. The quantitative estimate of drug-likeness (QED) is 0.415. The molecule has 0 aliphatic heterocycles. The molecule has 0 atom stereocenters. The van der Waals surface area contributed by atoms with Gasteiger partial charge in [-0.1, -0.05) is 6.92 Å². The Morgan fingerprint density at radius 3 is 2.78 bits per heavy atom. The first-order valence-electron chi connectivity index (χ1n) is 7.39. The summed E-state index contributed by atoms with van der Waals surface area (Å²) in [5.41, 5.74) is 1.02. The topological polar surface area (TPSA) is 71.2 Å². The number of thiazole rings is 1. The third-order valence-corrected chi connectivity index (χ3v) is 4.21. The lowest BCUT2D eigenvalue weighted by Gasteiger charge is -2.21. The molecule has 23 heavy (non-hydrogen) atoms. The Hall–Kier alpha value is -1.23. The van der Waals surface area contributed by atoms with Crippen molar-refractivity contribution >= 4 is 41.3 Å². The van der Waals surface area contributed by atoms with Crippen LogP contribution in [-0.2, 0) is 26.6 Å². The highest BCUT2D eigenvalue weighted by atomic mass is 127. The van der Waals surface area contributed by atoms with E-state index in [2.05, 4.69) is 44.6 Å². The van der Waals surface area contributed by atoms with Gasteiger partial charge in [-0.3, -0.25) is 4.68 Å². The Balaban J connectivity index is 0.00000264. The minimum Gasteiger partial charge on any atom is -0.357 e. The monoisotopic (exact) mass is 449 g/mol. The van der Waals surface area contributed by atoms with E-state index >= 15 is 0 Å². The lowest BCUT2D eigenvalue weighted by molar-refractivity contribution is 0.448. The Morgan fingerprint density at radius 2 is 2.22 bits per heavy atom. The molecule has 2 heterocycles. The fourth-order valence-electron chi connectivity index (χ4n) is 1.96. The highest BCUT2D eigenvalue weighted by Gasteiger charge is 2.10. The maximum Gasteiger partial charge on any atom is 0.194 e. The molecule has 2 rings (SSSR count).